The van der Waals surface area contributed by atoms with E-state index < -0.39 is 0 Å². The van der Waals surface area contributed by atoms with Crippen molar-refractivity contribution in [1.82, 2.24) is 4.90 Å². The van der Waals surface area contributed by atoms with Crippen LogP contribution in [0, 0.1) is 11.3 Å². The van der Waals surface area contributed by atoms with Crippen LogP contribution in [0.3, 0.4) is 0 Å². The van der Waals surface area contributed by atoms with Crippen molar-refractivity contribution in [3.8, 4) is 0 Å². The topological polar surface area (TPSA) is 23.5 Å². The Morgan fingerprint density at radius 2 is 1.67 bits per heavy atom. The molecule has 0 bridgehead atoms. The van der Waals surface area contributed by atoms with Crippen molar-refractivity contribution in [3.05, 3.63) is 0 Å². The maximum Gasteiger partial charge on any atom is 0.0499 e. The lowest BCUT2D eigenvalue weighted by atomic mass is 9.74. The predicted octanol–water partition coefficient (Wildman–Crippen LogP) is 3.44. The van der Waals surface area contributed by atoms with Crippen LogP contribution in [0.15, 0.2) is 0 Å². The van der Waals surface area contributed by atoms with Gasteiger partial charge in [0.25, 0.3) is 0 Å². The van der Waals surface area contributed by atoms with Gasteiger partial charge in [-0.25, -0.2) is 0 Å². The fourth-order valence-electron chi connectivity index (χ4n) is 4.01. The molecule has 0 radical (unpaired) electrons. The maximum atomic E-state index is 9.80. The Morgan fingerprint density at radius 1 is 1.06 bits per heavy atom. The number of aliphatic hydroxyl groups excluding tert-OH is 1. The third-order valence-corrected chi connectivity index (χ3v) is 5.44. The predicted molar refractivity (Wildman–Crippen MR) is 76.7 cm³/mol. The van der Waals surface area contributed by atoms with Gasteiger partial charge < -0.3 is 10.0 Å². The molecule has 0 saturated heterocycles. The van der Waals surface area contributed by atoms with Crippen molar-refractivity contribution in [2.75, 3.05) is 20.2 Å². The SMILES string of the molecule is CC1CCC(N(C)CC2(CO)CCCCC2)CC1. The van der Waals surface area contributed by atoms with Gasteiger partial charge in [0, 0.05) is 24.6 Å². The summed E-state index contributed by atoms with van der Waals surface area (Å²) in [4.78, 5) is 2.56. The quantitative estimate of drug-likeness (QED) is 0.829. The summed E-state index contributed by atoms with van der Waals surface area (Å²) in [6.07, 6.45) is 12.0. The summed E-state index contributed by atoms with van der Waals surface area (Å²) in [7, 11) is 2.28. The Labute approximate surface area is 113 Å². The molecule has 0 amide bonds. The van der Waals surface area contributed by atoms with Crippen LogP contribution in [-0.4, -0.2) is 36.2 Å². The second-order valence-electron chi connectivity index (χ2n) is 7.05. The average molecular weight is 253 g/mol. The molecule has 0 heterocycles. The van der Waals surface area contributed by atoms with Crippen LogP contribution in [0.1, 0.15) is 64.7 Å². The summed E-state index contributed by atoms with van der Waals surface area (Å²) in [5.74, 6) is 0.927. The van der Waals surface area contributed by atoms with Crippen LogP contribution >= 0.6 is 0 Å². The van der Waals surface area contributed by atoms with Gasteiger partial charge in [0.2, 0.25) is 0 Å². The Morgan fingerprint density at radius 3 is 2.22 bits per heavy atom. The number of aliphatic hydroxyl groups is 1. The molecule has 2 fully saturated rings. The number of hydrogen-bond acceptors (Lipinski definition) is 2. The van der Waals surface area contributed by atoms with Gasteiger partial charge in [-0.05, 0) is 51.5 Å². The largest absolute Gasteiger partial charge is 0.396 e. The first kappa shape index (κ1) is 14.3. The fourth-order valence-corrected chi connectivity index (χ4v) is 4.01. The van der Waals surface area contributed by atoms with E-state index in [1.54, 1.807) is 0 Å². The minimum atomic E-state index is 0.218. The van der Waals surface area contributed by atoms with Crippen LogP contribution in [0.5, 0.6) is 0 Å². The molecule has 0 aliphatic heterocycles. The highest BCUT2D eigenvalue weighted by Crippen LogP contribution is 2.38. The smallest absolute Gasteiger partial charge is 0.0499 e. The molecule has 0 unspecified atom stereocenters. The second-order valence-corrected chi connectivity index (χ2v) is 7.05. The van der Waals surface area contributed by atoms with Gasteiger partial charge in [-0.3, -0.25) is 0 Å². The van der Waals surface area contributed by atoms with Crippen molar-refractivity contribution in [1.29, 1.82) is 0 Å². The molecule has 18 heavy (non-hydrogen) atoms. The third-order valence-electron chi connectivity index (χ3n) is 5.44. The Bertz CT molecular complexity index is 239. The molecule has 0 aromatic heterocycles. The average Bonchev–Trinajstić information content (AvgIpc) is 2.40. The maximum absolute atomic E-state index is 9.80. The molecule has 2 rings (SSSR count). The molecule has 2 aliphatic carbocycles. The molecule has 2 saturated carbocycles. The molecule has 0 aromatic rings. The van der Waals surface area contributed by atoms with Gasteiger partial charge >= 0.3 is 0 Å². The number of nitrogens with zero attached hydrogens (tertiary/aromatic N) is 1. The van der Waals surface area contributed by atoms with E-state index in [0.29, 0.717) is 6.61 Å². The lowest BCUT2D eigenvalue weighted by molar-refractivity contribution is 0.0271. The number of rotatable bonds is 4. The van der Waals surface area contributed by atoms with Crippen molar-refractivity contribution in [2.45, 2.75) is 70.8 Å². The summed E-state index contributed by atoms with van der Waals surface area (Å²) < 4.78 is 0. The Kier molecular flexibility index (Phi) is 5.08. The molecular formula is C16H31NO. The molecule has 106 valence electrons. The summed E-state index contributed by atoms with van der Waals surface area (Å²) >= 11 is 0. The summed E-state index contributed by atoms with van der Waals surface area (Å²) in [5.41, 5.74) is 0.218. The van der Waals surface area contributed by atoms with E-state index in [2.05, 4.69) is 18.9 Å². The third kappa shape index (κ3) is 3.48. The highest BCUT2D eigenvalue weighted by atomic mass is 16.3. The van der Waals surface area contributed by atoms with Gasteiger partial charge in [0.15, 0.2) is 0 Å². The minimum absolute atomic E-state index is 0.218. The minimum Gasteiger partial charge on any atom is -0.396 e. The molecule has 0 aromatic carbocycles. The van der Waals surface area contributed by atoms with Gasteiger partial charge in [0.05, 0.1) is 0 Å². The van der Waals surface area contributed by atoms with Crippen LogP contribution in [0.25, 0.3) is 0 Å². The second kappa shape index (κ2) is 6.38. The lowest BCUT2D eigenvalue weighted by Gasteiger charge is -2.42. The zero-order valence-electron chi connectivity index (χ0n) is 12.3. The van der Waals surface area contributed by atoms with Gasteiger partial charge in [0.1, 0.15) is 0 Å². The molecule has 2 heteroatoms. The molecule has 2 nitrogen and oxygen atoms in total. The van der Waals surface area contributed by atoms with Crippen LogP contribution in [0.2, 0.25) is 0 Å². The van der Waals surface area contributed by atoms with E-state index >= 15 is 0 Å². The summed E-state index contributed by atoms with van der Waals surface area (Å²) in [6.45, 7) is 3.88. The highest BCUT2D eigenvalue weighted by molar-refractivity contribution is 4.87. The van der Waals surface area contributed by atoms with E-state index in [0.717, 1.165) is 18.5 Å². The molecule has 1 N–H and O–H groups in total. The van der Waals surface area contributed by atoms with Crippen molar-refractivity contribution >= 4 is 0 Å². The fraction of sp³-hybridized carbons (Fsp3) is 1.00. The highest BCUT2D eigenvalue weighted by Gasteiger charge is 2.34. The molecular weight excluding hydrogens is 222 g/mol. The van der Waals surface area contributed by atoms with Gasteiger partial charge in [-0.1, -0.05) is 26.2 Å². The molecule has 2 aliphatic rings. The van der Waals surface area contributed by atoms with Gasteiger partial charge in [-0.2, -0.15) is 0 Å². The van der Waals surface area contributed by atoms with E-state index in [-0.39, 0.29) is 5.41 Å². The van der Waals surface area contributed by atoms with Crippen LogP contribution < -0.4 is 0 Å². The van der Waals surface area contributed by atoms with Crippen molar-refractivity contribution < 1.29 is 5.11 Å². The summed E-state index contributed by atoms with van der Waals surface area (Å²) in [6, 6.07) is 0.770. The van der Waals surface area contributed by atoms with Gasteiger partial charge in [-0.15, -0.1) is 0 Å². The first-order chi connectivity index (χ1) is 8.65. The van der Waals surface area contributed by atoms with Crippen molar-refractivity contribution in [2.24, 2.45) is 11.3 Å². The summed E-state index contributed by atoms with van der Waals surface area (Å²) in [5, 5.41) is 9.80. The van der Waals surface area contributed by atoms with E-state index in [9.17, 15) is 5.11 Å². The number of hydrogen-bond donors (Lipinski definition) is 1. The molecule has 0 spiro atoms. The lowest BCUT2D eigenvalue weighted by Crippen LogP contribution is -2.45. The van der Waals surface area contributed by atoms with E-state index in [1.807, 2.05) is 0 Å². The Hall–Kier alpha value is -0.0800. The van der Waals surface area contributed by atoms with E-state index in [4.69, 9.17) is 0 Å². The monoisotopic (exact) mass is 253 g/mol. The van der Waals surface area contributed by atoms with Crippen molar-refractivity contribution in [3.63, 3.8) is 0 Å². The first-order valence-corrected chi connectivity index (χ1v) is 7.96. The standard InChI is InChI=1S/C16H31NO/c1-14-6-8-15(9-7-14)17(2)12-16(13-18)10-4-3-5-11-16/h14-15,18H,3-13H2,1-2H3. The molecule has 0 atom stereocenters. The zero-order valence-corrected chi connectivity index (χ0v) is 12.3. The normalized spacial score (nSPS) is 32.7. The van der Waals surface area contributed by atoms with Crippen LogP contribution in [-0.2, 0) is 0 Å². The first-order valence-electron chi connectivity index (χ1n) is 7.96. The van der Waals surface area contributed by atoms with E-state index in [1.165, 1.54) is 57.8 Å². The Balaban J connectivity index is 1.86. The zero-order chi connectivity index (χ0) is 13.0. The van der Waals surface area contributed by atoms with Crippen LogP contribution in [0.4, 0.5) is 0 Å².